The summed E-state index contributed by atoms with van der Waals surface area (Å²) < 4.78 is 0. The van der Waals surface area contributed by atoms with Gasteiger partial charge in [0.05, 0.1) is 0 Å². The third-order valence-corrected chi connectivity index (χ3v) is 4.22. The zero-order chi connectivity index (χ0) is 19.8. The molecule has 0 bridgehead atoms. The largest absolute Gasteiger partial charge is 0.351 e. The number of likely N-dealkylation sites (N-methyl/N-ethyl adjacent to an activating group) is 1. The first kappa shape index (κ1) is 20.6. The fourth-order valence-corrected chi connectivity index (χ4v) is 2.54. The maximum Gasteiger partial charge on any atom is 0.251 e. The molecule has 27 heavy (non-hydrogen) atoms. The van der Waals surface area contributed by atoms with Crippen molar-refractivity contribution in [2.75, 3.05) is 27.2 Å². The van der Waals surface area contributed by atoms with E-state index in [4.69, 9.17) is 5.73 Å². The topological polar surface area (TPSA) is 87.5 Å². The lowest BCUT2D eigenvalue weighted by Crippen LogP contribution is -2.34. The summed E-state index contributed by atoms with van der Waals surface area (Å²) >= 11 is 0. The van der Waals surface area contributed by atoms with Gasteiger partial charge in [0.2, 0.25) is 5.91 Å². The second-order valence-electron chi connectivity index (χ2n) is 6.87. The van der Waals surface area contributed by atoms with E-state index in [0.29, 0.717) is 18.7 Å². The van der Waals surface area contributed by atoms with E-state index in [1.165, 1.54) is 0 Å². The number of hydrogen-bond donors (Lipinski definition) is 3. The van der Waals surface area contributed by atoms with Crippen molar-refractivity contribution < 1.29 is 9.59 Å². The van der Waals surface area contributed by atoms with Crippen molar-refractivity contribution in [3.8, 4) is 0 Å². The van der Waals surface area contributed by atoms with E-state index in [1.54, 1.807) is 12.1 Å². The summed E-state index contributed by atoms with van der Waals surface area (Å²) in [6.07, 6.45) is 0. The van der Waals surface area contributed by atoms with Gasteiger partial charge in [-0.2, -0.15) is 0 Å². The zero-order valence-corrected chi connectivity index (χ0v) is 16.2. The highest BCUT2D eigenvalue weighted by molar-refractivity contribution is 5.94. The molecule has 2 amide bonds. The number of nitrogens with zero attached hydrogens (tertiary/aromatic N) is 1. The Morgan fingerprint density at radius 2 is 1.78 bits per heavy atom. The van der Waals surface area contributed by atoms with Gasteiger partial charge in [-0.05, 0) is 44.3 Å². The quantitative estimate of drug-likeness (QED) is 0.660. The fourth-order valence-electron chi connectivity index (χ4n) is 2.54. The van der Waals surface area contributed by atoms with Gasteiger partial charge in [0.1, 0.15) is 6.04 Å². The van der Waals surface area contributed by atoms with E-state index in [1.807, 2.05) is 62.3 Å². The van der Waals surface area contributed by atoms with Crippen LogP contribution in [-0.2, 0) is 11.3 Å². The van der Waals surface area contributed by atoms with Crippen LogP contribution in [0.3, 0.4) is 0 Å². The van der Waals surface area contributed by atoms with E-state index in [0.717, 1.165) is 23.2 Å². The summed E-state index contributed by atoms with van der Waals surface area (Å²) in [7, 11) is 3.91. The summed E-state index contributed by atoms with van der Waals surface area (Å²) in [6, 6.07) is 14.1. The Labute approximate surface area is 160 Å². The molecule has 6 nitrogen and oxygen atoms in total. The highest BCUT2D eigenvalue weighted by Crippen LogP contribution is 2.12. The van der Waals surface area contributed by atoms with Gasteiger partial charge in [-0.3, -0.25) is 9.59 Å². The molecule has 6 heteroatoms. The molecule has 0 aliphatic carbocycles. The van der Waals surface area contributed by atoms with Gasteiger partial charge in [-0.15, -0.1) is 0 Å². The lowest BCUT2D eigenvalue weighted by atomic mass is 10.0. The summed E-state index contributed by atoms with van der Waals surface area (Å²) in [5.74, 6) is -0.374. The number of amides is 2. The average molecular weight is 368 g/mol. The van der Waals surface area contributed by atoms with Gasteiger partial charge in [0.25, 0.3) is 5.91 Å². The van der Waals surface area contributed by atoms with E-state index in [2.05, 4.69) is 10.6 Å². The number of nitrogens with one attached hydrogen (secondary N) is 2. The van der Waals surface area contributed by atoms with Gasteiger partial charge >= 0.3 is 0 Å². The first-order chi connectivity index (χ1) is 12.9. The van der Waals surface area contributed by atoms with Crippen LogP contribution in [0.4, 0.5) is 0 Å². The number of aryl methyl sites for hydroxylation is 1. The molecule has 2 rings (SSSR count). The van der Waals surface area contributed by atoms with E-state index >= 15 is 0 Å². The van der Waals surface area contributed by atoms with Crippen molar-refractivity contribution in [1.29, 1.82) is 0 Å². The smallest absolute Gasteiger partial charge is 0.251 e. The number of nitrogens with two attached hydrogens (primary N) is 1. The van der Waals surface area contributed by atoms with Crippen molar-refractivity contribution in [2.24, 2.45) is 5.73 Å². The lowest BCUT2D eigenvalue weighted by Gasteiger charge is -2.14. The first-order valence-electron chi connectivity index (χ1n) is 8.98. The minimum atomic E-state index is -0.719. The minimum absolute atomic E-state index is 0.124. The van der Waals surface area contributed by atoms with Crippen LogP contribution in [-0.4, -0.2) is 43.9 Å². The van der Waals surface area contributed by atoms with Gasteiger partial charge in [0.15, 0.2) is 0 Å². The number of carbonyl (C=O) groups excluding carboxylic acids is 2. The molecule has 2 aromatic carbocycles. The Hall–Kier alpha value is -2.70. The molecular weight excluding hydrogens is 340 g/mol. The Balaban J connectivity index is 1.90. The molecule has 0 radical (unpaired) electrons. The van der Waals surface area contributed by atoms with Crippen molar-refractivity contribution in [3.63, 3.8) is 0 Å². The highest BCUT2D eigenvalue weighted by Gasteiger charge is 2.15. The molecule has 0 spiro atoms. The number of rotatable bonds is 8. The predicted molar refractivity (Wildman–Crippen MR) is 107 cm³/mol. The Bertz CT molecular complexity index is 772. The monoisotopic (exact) mass is 368 g/mol. The molecule has 0 aromatic heterocycles. The second kappa shape index (κ2) is 9.85. The normalized spacial score (nSPS) is 11.9. The summed E-state index contributed by atoms with van der Waals surface area (Å²) in [5, 5.41) is 5.71. The number of benzene rings is 2. The van der Waals surface area contributed by atoms with Crippen molar-refractivity contribution in [2.45, 2.75) is 19.5 Å². The highest BCUT2D eigenvalue weighted by atomic mass is 16.2. The molecule has 144 valence electrons. The molecular formula is C21H28N4O2. The third-order valence-electron chi connectivity index (χ3n) is 4.22. The van der Waals surface area contributed by atoms with Crippen LogP contribution in [0.15, 0.2) is 48.5 Å². The molecule has 0 saturated carbocycles. The molecule has 4 N–H and O–H groups in total. The van der Waals surface area contributed by atoms with E-state index < -0.39 is 6.04 Å². The Morgan fingerprint density at radius 3 is 2.44 bits per heavy atom. The summed E-state index contributed by atoms with van der Waals surface area (Å²) in [6.45, 7) is 3.66. The third kappa shape index (κ3) is 6.51. The lowest BCUT2D eigenvalue weighted by molar-refractivity contribution is -0.122. The predicted octanol–water partition coefficient (Wildman–Crippen LogP) is 1.60. The second-order valence-corrected chi connectivity index (χ2v) is 6.87. The van der Waals surface area contributed by atoms with Crippen LogP contribution in [0.25, 0.3) is 0 Å². The molecule has 2 aromatic rings. The zero-order valence-electron chi connectivity index (χ0n) is 16.2. The van der Waals surface area contributed by atoms with Crippen molar-refractivity contribution >= 4 is 11.8 Å². The van der Waals surface area contributed by atoms with Gasteiger partial charge in [0, 0.05) is 25.2 Å². The van der Waals surface area contributed by atoms with Crippen LogP contribution in [0.5, 0.6) is 0 Å². The van der Waals surface area contributed by atoms with E-state index in [9.17, 15) is 9.59 Å². The molecule has 0 aliphatic rings. The minimum Gasteiger partial charge on any atom is -0.351 e. The number of hydrogen-bond acceptors (Lipinski definition) is 4. The molecule has 1 unspecified atom stereocenters. The molecule has 0 heterocycles. The average Bonchev–Trinajstić information content (AvgIpc) is 2.66. The Morgan fingerprint density at radius 1 is 1.07 bits per heavy atom. The van der Waals surface area contributed by atoms with Crippen LogP contribution in [0.1, 0.15) is 33.1 Å². The molecule has 0 fully saturated rings. The SMILES string of the molecule is Cc1ccc(C(N)C(=O)NCc2cccc(C(=O)NCCN(C)C)c2)cc1. The standard InChI is InChI=1S/C21H28N4O2/c1-15-7-9-17(10-8-15)19(22)21(27)24-14-16-5-4-6-18(13-16)20(26)23-11-12-25(2)3/h4-10,13,19H,11-12,14,22H2,1-3H3,(H,23,26)(H,24,27). The number of carbonyl (C=O) groups is 2. The van der Waals surface area contributed by atoms with Crippen LogP contribution in [0, 0.1) is 6.92 Å². The molecule has 0 aliphatic heterocycles. The fraction of sp³-hybridized carbons (Fsp3) is 0.333. The first-order valence-corrected chi connectivity index (χ1v) is 8.98. The van der Waals surface area contributed by atoms with E-state index in [-0.39, 0.29) is 11.8 Å². The maximum atomic E-state index is 12.3. The van der Waals surface area contributed by atoms with Gasteiger partial charge in [-0.25, -0.2) is 0 Å². The van der Waals surface area contributed by atoms with Gasteiger partial charge < -0.3 is 21.3 Å². The van der Waals surface area contributed by atoms with Crippen molar-refractivity contribution in [1.82, 2.24) is 15.5 Å². The molecule has 1 atom stereocenters. The van der Waals surface area contributed by atoms with Gasteiger partial charge in [-0.1, -0.05) is 42.0 Å². The maximum absolute atomic E-state index is 12.3. The Kier molecular flexibility index (Phi) is 7.52. The van der Waals surface area contributed by atoms with Crippen LogP contribution >= 0.6 is 0 Å². The summed E-state index contributed by atoms with van der Waals surface area (Å²) in [4.78, 5) is 26.5. The molecule has 0 saturated heterocycles. The van der Waals surface area contributed by atoms with Crippen LogP contribution < -0.4 is 16.4 Å². The van der Waals surface area contributed by atoms with Crippen molar-refractivity contribution in [3.05, 3.63) is 70.8 Å². The summed E-state index contributed by atoms with van der Waals surface area (Å²) in [5.41, 5.74) is 9.34. The van der Waals surface area contributed by atoms with Crippen LogP contribution in [0.2, 0.25) is 0 Å².